The Labute approximate surface area is 122 Å². The van der Waals surface area contributed by atoms with Gasteiger partial charge < -0.3 is 4.90 Å². The monoisotopic (exact) mass is 269 g/mol. The summed E-state index contributed by atoms with van der Waals surface area (Å²) in [5, 5.41) is 0. The Hall–Kier alpha value is -2.35. The van der Waals surface area contributed by atoms with Gasteiger partial charge in [0.05, 0.1) is 0 Å². The molecule has 1 aliphatic rings. The summed E-state index contributed by atoms with van der Waals surface area (Å²) in [4.78, 5) is 12.3. The lowest BCUT2D eigenvalue weighted by Crippen LogP contribution is -2.16. The summed E-state index contributed by atoms with van der Waals surface area (Å²) in [5.74, 6) is 0.208. The lowest BCUT2D eigenvalue weighted by Gasteiger charge is -2.05. The zero-order valence-corrected chi connectivity index (χ0v) is 12.0. The van der Waals surface area contributed by atoms with Crippen LogP contribution in [0.2, 0.25) is 0 Å². The lowest BCUT2D eigenvalue weighted by atomic mass is 10.2. The van der Waals surface area contributed by atoms with Crippen molar-refractivity contribution in [1.29, 1.82) is 0 Å². The molecule has 0 atom stereocenters. The third kappa shape index (κ3) is 7.88. The van der Waals surface area contributed by atoms with Gasteiger partial charge in [-0.25, -0.2) is 0 Å². The van der Waals surface area contributed by atoms with Crippen LogP contribution in [0.15, 0.2) is 75.0 Å². The van der Waals surface area contributed by atoms with Crippen molar-refractivity contribution in [1.82, 2.24) is 4.90 Å². The van der Waals surface area contributed by atoms with Crippen molar-refractivity contribution in [2.45, 2.75) is 12.8 Å². The summed E-state index contributed by atoms with van der Waals surface area (Å²) in [6.07, 6.45) is 8.40. The second kappa shape index (κ2) is 11.7. The molecule has 106 valence electrons. The van der Waals surface area contributed by atoms with E-state index in [1.165, 1.54) is 5.56 Å². The Bertz CT molecular complexity index is 428. The molecule has 1 aliphatic heterocycles. The van der Waals surface area contributed by atoms with Crippen LogP contribution in [-0.4, -0.2) is 17.4 Å². The number of rotatable bonds is 3. The second-order valence-corrected chi connectivity index (χ2v) is 3.96. The molecule has 2 heteroatoms. The average molecular weight is 269 g/mol. The van der Waals surface area contributed by atoms with E-state index >= 15 is 0 Å². The van der Waals surface area contributed by atoms with Crippen molar-refractivity contribution in [3.63, 3.8) is 0 Å². The van der Waals surface area contributed by atoms with Gasteiger partial charge in [-0.3, -0.25) is 4.79 Å². The minimum atomic E-state index is 0.208. The van der Waals surface area contributed by atoms with Crippen LogP contribution < -0.4 is 0 Å². The number of benzene rings is 1. The van der Waals surface area contributed by atoms with Gasteiger partial charge in [0.15, 0.2) is 0 Å². The predicted molar refractivity (Wildman–Crippen MR) is 88.1 cm³/mol. The van der Waals surface area contributed by atoms with Crippen molar-refractivity contribution in [3.8, 4) is 0 Å². The molecule has 0 radical (unpaired) electrons. The second-order valence-electron chi connectivity index (χ2n) is 3.96. The number of hydrogen-bond acceptors (Lipinski definition) is 1. The Morgan fingerprint density at radius 3 is 1.85 bits per heavy atom. The van der Waals surface area contributed by atoms with Gasteiger partial charge >= 0.3 is 0 Å². The van der Waals surface area contributed by atoms with Crippen LogP contribution in [0.25, 0.3) is 6.08 Å². The zero-order valence-electron chi connectivity index (χ0n) is 12.0. The highest BCUT2D eigenvalue weighted by Gasteiger charge is 2.15. The number of allylic oxidation sites excluding steroid dienone is 2. The van der Waals surface area contributed by atoms with Crippen molar-refractivity contribution in [2.75, 3.05) is 6.54 Å². The number of amides is 1. The van der Waals surface area contributed by atoms with Gasteiger partial charge in [-0.2, -0.15) is 0 Å². The third-order valence-corrected chi connectivity index (χ3v) is 2.53. The van der Waals surface area contributed by atoms with Gasteiger partial charge in [-0.05, 0) is 18.2 Å². The average Bonchev–Trinajstić information content (AvgIpc) is 2.94. The van der Waals surface area contributed by atoms with Crippen molar-refractivity contribution in [2.24, 2.45) is 0 Å². The minimum Gasteiger partial charge on any atom is -0.320 e. The highest BCUT2D eigenvalue weighted by molar-refractivity contribution is 5.78. The largest absolute Gasteiger partial charge is 0.320 e. The maximum Gasteiger partial charge on any atom is 0.226 e. The highest BCUT2D eigenvalue weighted by atomic mass is 16.2. The first-order valence-corrected chi connectivity index (χ1v) is 6.52. The standard InChI is InChI=1S/C8H8.C6H9NO.C4H6/c1-2-8-6-4-3-5-7-8;1-2-7-5-3-4-6(7)8;1-3-4-2/h2-7H,1H2;2H,1,3-5H2;3-4H,1-2H2. The van der Waals surface area contributed by atoms with Gasteiger partial charge in [0.25, 0.3) is 0 Å². The van der Waals surface area contributed by atoms with Gasteiger partial charge in [0.1, 0.15) is 0 Å². The van der Waals surface area contributed by atoms with Crippen LogP contribution in [0.1, 0.15) is 18.4 Å². The summed E-state index contributed by atoms with van der Waals surface area (Å²) in [7, 11) is 0. The first kappa shape index (κ1) is 17.6. The lowest BCUT2D eigenvalue weighted by molar-refractivity contribution is -0.125. The fraction of sp³-hybridized carbons (Fsp3) is 0.167. The smallest absolute Gasteiger partial charge is 0.226 e. The topological polar surface area (TPSA) is 20.3 Å². The highest BCUT2D eigenvalue weighted by Crippen LogP contribution is 2.08. The van der Waals surface area contributed by atoms with E-state index in [0.29, 0.717) is 6.42 Å². The van der Waals surface area contributed by atoms with Crippen LogP contribution in [0.3, 0.4) is 0 Å². The normalized spacial score (nSPS) is 12.2. The number of carbonyl (C=O) groups excluding carboxylic acids is 1. The molecule has 1 fully saturated rings. The molecule has 0 bridgehead atoms. The van der Waals surface area contributed by atoms with Gasteiger partial charge in [0.2, 0.25) is 5.91 Å². The summed E-state index contributed by atoms with van der Waals surface area (Å²) in [6, 6.07) is 10.0. The van der Waals surface area contributed by atoms with E-state index in [2.05, 4.69) is 26.3 Å². The molecule has 0 aromatic heterocycles. The van der Waals surface area contributed by atoms with Crippen LogP contribution in [-0.2, 0) is 4.79 Å². The first-order valence-electron chi connectivity index (χ1n) is 6.52. The Kier molecular flexibility index (Phi) is 10.3. The molecule has 0 N–H and O–H groups in total. The van der Waals surface area contributed by atoms with E-state index in [9.17, 15) is 4.79 Å². The molecule has 1 heterocycles. The predicted octanol–water partition coefficient (Wildman–Crippen LogP) is 4.44. The molecular formula is C18H23NO. The van der Waals surface area contributed by atoms with Crippen LogP contribution in [0.4, 0.5) is 0 Å². The van der Waals surface area contributed by atoms with Crippen LogP contribution in [0, 0.1) is 0 Å². The molecule has 0 unspecified atom stereocenters. The summed E-state index contributed by atoms with van der Waals surface area (Å²) in [5.41, 5.74) is 1.17. The Morgan fingerprint density at radius 2 is 1.60 bits per heavy atom. The molecule has 20 heavy (non-hydrogen) atoms. The molecule has 1 aromatic rings. The fourth-order valence-corrected chi connectivity index (χ4v) is 1.45. The first-order chi connectivity index (χ1) is 9.69. The van der Waals surface area contributed by atoms with E-state index in [-0.39, 0.29) is 5.91 Å². The Balaban J connectivity index is 0.000000289. The number of carbonyl (C=O) groups is 1. The van der Waals surface area contributed by atoms with E-state index in [1.54, 1.807) is 23.3 Å². The molecule has 0 spiro atoms. The number of hydrogen-bond donors (Lipinski definition) is 0. The molecule has 2 nitrogen and oxygen atoms in total. The van der Waals surface area contributed by atoms with E-state index < -0.39 is 0 Å². The van der Waals surface area contributed by atoms with Crippen molar-refractivity contribution >= 4 is 12.0 Å². The SMILES string of the molecule is C=CC=C.C=CN1CCCC1=O.C=Cc1ccccc1. The quantitative estimate of drug-likeness (QED) is 0.743. The van der Waals surface area contributed by atoms with Gasteiger partial charge in [-0.1, -0.05) is 74.9 Å². The van der Waals surface area contributed by atoms with Crippen molar-refractivity contribution < 1.29 is 4.79 Å². The summed E-state index contributed by atoms with van der Waals surface area (Å²) >= 11 is 0. The van der Waals surface area contributed by atoms with E-state index in [0.717, 1.165) is 13.0 Å². The number of likely N-dealkylation sites (tertiary alicyclic amines) is 1. The molecular weight excluding hydrogens is 246 g/mol. The van der Waals surface area contributed by atoms with E-state index in [1.807, 2.05) is 36.4 Å². The van der Waals surface area contributed by atoms with Crippen molar-refractivity contribution in [3.05, 3.63) is 80.6 Å². The molecule has 0 saturated carbocycles. The molecule has 1 aromatic carbocycles. The fourth-order valence-electron chi connectivity index (χ4n) is 1.45. The molecule has 1 saturated heterocycles. The summed E-state index contributed by atoms with van der Waals surface area (Å²) in [6.45, 7) is 14.7. The summed E-state index contributed by atoms with van der Waals surface area (Å²) < 4.78 is 0. The minimum absolute atomic E-state index is 0.208. The van der Waals surface area contributed by atoms with Gasteiger partial charge in [-0.15, -0.1) is 0 Å². The third-order valence-electron chi connectivity index (χ3n) is 2.53. The number of nitrogens with zero attached hydrogens (tertiary/aromatic N) is 1. The van der Waals surface area contributed by atoms with Crippen LogP contribution in [0.5, 0.6) is 0 Å². The molecule has 0 aliphatic carbocycles. The Morgan fingerprint density at radius 1 is 1.00 bits per heavy atom. The maximum absolute atomic E-state index is 10.7. The molecule has 1 amide bonds. The van der Waals surface area contributed by atoms with Crippen LogP contribution >= 0.6 is 0 Å². The molecule has 2 rings (SSSR count). The van der Waals surface area contributed by atoms with Gasteiger partial charge in [0, 0.05) is 13.0 Å². The van der Waals surface area contributed by atoms with E-state index in [4.69, 9.17) is 0 Å². The maximum atomic E-state index is 10.7. The zero-order chi connectivity index (χ0) is 15.2.